The summed E-state index contributed by atoms with van der Waals surface area (Å²) in [6, 6.07) is 0. The number of carbonyl (C=O) groups is 2. The molecule has 1 fully saturated rings. The highest BCUT2D eigenvalue weighted by atomic mass is 32.1. The summed E-state index contributed by atoms with van der Waals surface area (Å²) in [6.45, 7) is 2.82. The topological polar surface area (TPSA) is 98.6 Å². The highest BCUT2D eigenvalue weighted by Gasteiger charge is 2.28. The Labute approximate surface area is 128 Å². The molecule has 0 saturated heterocycles. The highest BCUT2D eigenvalue weighted by Crippen LogP contribution is 2.39. The van der Waals surface area contributed by atoms with Gasteiger partial charge in [-0.1, -0.05) is 6.42 Å². The quantitative estimate of drug-likeness (QED) is 0.781. The van der Waals surface area contributed by atoms with E-state index >= 15 is 0 Å². The number of nitrogens with two attached hydrogens (primary N) is 2. The smallest absolute Gasteiger partial charge is 0.350 e. The number of thiophene rings is 1. The molecule has 2 rings (SSSR count). The van der Waals surface area contributed by atoms with Crippen molar-refractivity contribution in [1.82, 2.24) is 0 Å². The summed E-state index contributed by atoms with van der Waals surface area (Å²) in [6.07, 6.45) is 3.64. The van der Waals surface area contributed by atoms with Crippen LogP contribution in [0.1, 0.15) is 46.2 Å². The average Bonchev–Trinajstić information content (AvgIpc) is 2.71. The molecular weight excluding hydrogens is 290 g/mol. The predicted octanol–water partition coefficient (Wildman–Crippen LogP) is 1.84. The van der Waals surface area contributed by atoms with Gasteiger partial charge in [-0.3, -0.25) is 4.79 Å². The number of primary amides is 1. The Morgan fingerprint density at radius 2 is 2.10 bits per heavy atom. The van der Waals surface area contributed by atoms with Crippen molar-refractivity contribution in [3.05, 3.63) is 10.4 Å². The number of amides is 1. The van der Waals surface area contributed by atoms with Crippen LogP contribution in [-0.2, 0) is 4.74 Å². The molecule has 21 heavy (non-hydrogen) atoms. The van der Waals surface area contributed by atoms with E-state index in [9.17, 15) is 9.59 Å². The van der Waals surface area contributed by atoms with E-state index in [4.69, 9.17) is 16.2 Å². The largest absolute Gasteiger partial charge is 0.462 e. The lowest BCUT2D eigenvalue weighted by atomic mass is 9.85. The number of carbonyl (C=O) groups excluding carboxylic acids is 2. The minimum Gasteiger partial charge on any atom is -0.462 e. The van der Waals surface area contributed by atoms with Crippen LogP contribution in [0, 0.1) is 5.92 Å². The first kappa shape index (κ1) is 15.6. The van der Waals surface area contributed by atoms with Crippen molar-refractivity contribution in [2.45, 2.75) is 26.2 Å². The molecule has 0 atom stereocenters. The Morgan fingerprint density at radius 1 is 1.43 bits per heavy atom. The minimum atomic E-state index is -0.616. The van der Waals surface area contributed by atoms with Gasteiger partial charge in [0.2, 0.25) is 0 Å². The lowest BCUT2D eigenvalue weighted by Gasteiger charge is -2.30. The molecule has 4 N–H and O–H groups in total. The molecule has 1 aromatic rings. The third kappa shape index (κ3) is 3.12. The number of esters is 1. The highest BCUT2D eigenvalue weighted by molar-refractivity contribution is 7.19. The van der Waals surface area contributed by atoms with E-state index < -0.39 is 11.9 Å². The molecule has 0 unspecified atom stereocenters. The number of nitrogen functional groups attached to an aromatic ring is 1. The summed E-state index contributed by atoms with van der Waals surface area (Å²) < 4.78 is 4.97. The number of hydrogen-bond acceptors (Lipinski definition) is 6. The zero-order chi connectivity index (χ0) is 15.6. The molecule has 7 heteroatoms. The summed E-state index contributed by atoms with van der Waals surface area (Å²) in [5.74, 6) is -0.495. The Kier molecular flexibility index (Phi) is 4.72. The molecule has 1 amide bonds. The van der Waals surface area contributed by atoms with Gasteiger partial charge in [0.05, 0.1) is 17.9 Å². The molecule has 1 aliphatic rings. The SMILES string of the molecule is CCOC(=O)c1sc(N(C)CC2CCC2)c(C(N)=O)c1N. The summed E-state index contributed by atoms with van der Waals surface area (Å²) >= 11 is 1.17. The Bertz CT molecular complexity index is 552. The molecule has 1 aromatic heterocycles. The average molecular weight is 311 g/mol. The molecule has 0 aliphatic heterocycles. The number of rotatable bonds is 6. The number of hydrogen-bond donors (Lipinski definition) is 2. The van der Waals surface area contributed by atoms with E-state index in [-0.39, 0.29) is 22.7 Å². The van der Waals surface area contributed by atoms with Crippen LogP contribution < -0.4 is 16.4 Å². The first-order valence-corrected chi connectivity index (χ1v) is 7.87. The third-order valence-corrected chi connectivity index (χ3v) is 5.04. The van der Waals surface area contributed by atoms with Gasteiger partial charge in [-0.15, -0.1) is 11.3 Å². The summed E-state index contributed by atoms with van der Waals surface area (Å²) in [5, 5.41) is 0.648. The second-order valence-corrected chi connectivity index (χ2v) is 6.29. The molecular formula is C14H21N3O3S. The van der Waals surface area contributed by atoms with E-state index in [0.717, 1.165) is 6.54 Å². The zero-order valence-electron chi connectivity index (χ0n) is 12.3. The molecule has 0 radical (unpaired) electrons. The van der Waals surface area contributed by atoms with E-state index in [2.05, 4.69) is 0 Å². The summed E-state index contributed by atoms with van der Waals surface area (Å²) in [4.78, 5) is 25.8. The summed E-state index contributed by atoms with van der Waals surface area (Å²) in [5.41, 5.74) is 11.7. The van der Waals surface area contributed by atoms with Gasteiger partial charge in [0.1, 0.15) is 9.88 Å². The van der Waals surface area contributed by atoms with E-state index in [1.807, 2.05) is 11.9 Å². The molecule has 1 aliphatic carbocycles. The maximum atomic E-state index is 11.9. The summed E-state index contributed by atoms with van der Waals surface area (Å²) in [7, 11) is 1.89. The maximum Gasteiger partial charge on any atom is 0.350 e. The minimum absolute atomic E-state index is 0.126. The monoisotopic (exact) mass is 311 g/mol. The van der Waals surface area contributed by atoms with Gasteiger partial charge in [-0.2, -0.15) is 0 Å². The van der Waals surface area contributed by atoms with Crippen LogP contribution >= 0.6 is 11.3 Å². The van der Waals surface area contributed by atoms with Crippen LogP contribution in [0.25, 0.3) is 0 Å². The fourth-order valence-corrected chi connectivity index (χ4v) is 3.52. The van der Waals surface area contributed by atoms with Gasteiger partial charge in [0.15, 0.2) is 0 Å². The van der Waals surface area contributed by atoms with Crippen molar-refractivity contribution in [2.75, 3.05) is 30.8 Å². The van der Waals surface area contributed by atoms with Crippen LogP contribution in [0.4, 0.5) is 10.7 Å². The van der Waals surface area contributed by atoms with Gasteiger partial charge in [-0.05, 0) is 25.7 Å². The van der Waals surface area contributed by atoms with E-state index in [1.165, 1.54) is 30.6 Å². The van der Waals surface area contributed by atoms with Crippen molar-refractivity contribution >= 4 is 33.9 Å². The van der Waals surface area contributed by atoms with Crippen molar-refractivity contribution in [2.24, 2.45) is 11.7 Å². The van der Waals surface area contributed by atoms with Crippen LogP contribution in [-0.4, -0.2) is 32.1 Å². The van der Waals surface area contributed by atoms with E-state index in [1.54, 1.807) is 6.92 Å². The number of ether oxygens (including phenoxy) is 1. The van der Waals surface area contributed by atoms with Crippen LogP contribution in [0.3, 0.4) is 0 Å². The Balaban J connectivity index is 2.31. The van der Waals surface area contributed by atoms with Crippen molar-refractivity contribution in [3.63, 3.8) is 0 Å². The van der Waals surface area contributed by atoms with Gasteiger partial charge in [0.25, 0.3) is 5.91 Å². The predicted molar refractivity (Wildman–Crippen MR) is 83.8 cm³/mol. The van der Waals surface area contributed by atoms with Crippen LogP contribution in [0.2, 0.25) is 0 Å². The van der Waals surface area contributed by atoms with Gasteiger partial charge < -0.3 is 21.1 Å². The lowest BCUT2D eigenvalue weighted by Crippen LogP contribution is -2.30. The van der Waals surface area contributed by atoms with Crippen molar-refractivity contribution < 1.29 is 14.3 Å². The molecule has 0 bridgehead atoms. The van der Waals surface area contributed by atoms with Gasteiger partial charge in [-0.25, -0.2) is 4.79 Å². The van der Waals surface area contributed by atoms with Crippen LogP contribution in [0.5, 0.6) is 0 Å². The fraction of sp³-hybridized carbons (Fsp3) is 0.571. The number of nitrogens with zero attached hydrogens (tertiary/aromatic N) is 1. The fourth-order valence-electron chi connectivity index (χ4n) is 2.43. The molecule has 6 nitrogen and oxygen atoms in total. The second kappa shape index (κ2) is 6.34. The zero-order valence-corrected chi connectivity index (χ0v) is 13.2. The molecule has 1 saturated carbocycles. The first-order valence-electron chi connectivity index (χ1n) is 7.06. The maximum absolute atomic E-state index is 11.9. The third-order valence-electron chi connectivity index (χ3n) is 3.74. The molecule has 0 aromatic carbocycles. The molecule has 1 heterocycles. The molecule has 116 valence electrons. The number of anilines is 2. The Morgan fingerprint density at radius 3 is 2.57 bits per heavy atom. The Hall–Kier alpha value is -1.76. The first-order chi connectivity index (χ1) is 9.95. The lowest BCUT2D eigenvalue weighted by molar-refractivity contribution is 0.0533. The standard InChI is InChI=1S/C14H21N3O3S/c1-3-20-14(19)11-10(15)9(12(16)18)13(21-11)17(2)7-8-5-4-6-8/h8H,3-7,15H2,1-2H3,(H2,16,18). The normalized spacial score (nSPS) is 14.6. The molecule has 0 spiro atoms. The van der Waals surface area contributed by atoms with Crippen molar-refractivity contribution in [1.29, 1.82) is 0 Å². The van der Waals surface area contributed by atoms with Crippen molar-refractivity contribution in [3.8, 4) is 0 Å². The van der Waals surface area contributed by atoms with E-state index in [0.29, 0.717) is 10.9 Å². The van der Waals surface area contributed by atoms with Gasteiger partial charge >= 0.3 is 5.97 Å². The second-order valence-electron chi connectivity index (χ2n) is 5.29. The van der Waals surface area contributed by atoms with Gasteiger partial charge in [0, 0.05) is 13.6 Å². The van der Waals surface area contributed by atoms with Crippen LogP contribution in [0.15, 0.2) is 0 Å².